The molecule has 0 aromatic carbocycles. The molecular formula is C20H36N6. The Morgan fingerprint density at radius 3 is 2.77 bits per heavy atom. The Morgan fingerprint density at radius 1 is 1.31 bits per heavy atom. The number of piperidine rings is 1. The van der Waals surface area contributed by atoms with Crippen molar-refractivity contribution < 1.29 is 0 Å². The van der Waals surface area contributed by atoms with Crippen molar-refractivity contribution >= 4 is 11.8 Å². The van der Waals surface area contributed by atoms with E-state index in [1.54, 1.807) is 0 Å². The molecule has 146 valence electrons. The average molecular weight is 361 g/mol. The molecule has 2 rings (SSSR count). The summed E-state index contributed by atoms with van der Waals surface area (Å²) < 4.78 is 0. The van der Waals surface area contributed by atoms with Crippen LogP contribution in [0.25, 0.3) is 0 Å². The second-order valence-corrected chi connectivity index (χ2v) is 7.38. The van der Waals surface area contributed by atoms with Gasteiger partial charge in [0.15, 0.2) is 5.96 Å². The number of likely N-dealkylation sites (tertiary alicyclic amines) is 1. The van der Waals surface area contributed by atoms with Crippen LogP contribution in [0.5, 0.6) is 0 Å². The second kappa shape index (κ2) is 11.0. The summed E-state index contributed by atoms with van der Waals surface area (Å²) in [6, 6.07) is 4.06. The van der Waals surface area contributed by atoms with Gasteiger partial charge >= 0.3 is 0 Å². The van der Waals surface area contributed by atoms with Gasteiger partial charge in [-0.1, -0.05) is 13.0 Å². The monoisotopic (exact) mass is 360 g/mol. The molecule has 0 spiro atoms. The maximum absolute atomic E-state index is 4.74. The van der Waals surface area contributed by atoms with Gasteiger partial charge in [-0.25, -0.2) is 9.98 Å². The number of anilines is 1. The van der Waals surface area contributed by atoms with E-state index >= 15 is 0 Å². The first kappa shape index (κ1) is 20.5. The molecule has 1 aromatic rings. The number of hydrogen-bond donors (Lipinski definition) is 2. The summed E-state index contributed by atoms with van der Waals surface area (Å²) in [5.74, 6) is 2.76. The molecule has 2 heterocycles. The Morgan fingerprint density at radius 2 is 2.08 bits per heavy atom. The molecule has 6 heteroatoms. The summed E-state index contributed by atoms with van der Waals surface area (Å²) in [5, 5.41) is 6.80. The van der Waals surface area contributed by atoms with Crippen LogP contribution in [0.3, 0.4) is 0 Å². The fourth-order valence-corrected chi connectivity index (χ4v) is 3.26. The van der Waals surface area contributed by atoms with E-state index in [1.165, 1.54) is 32.5 Å². The van der Waals surface area contributed by atoms with Gasteiger partial charge in [0.05, 0.1) is 6.54 Å². The predicted molar refractivity (Wildman–Crippen MR) is 111 cm³/mol. The van der Waals surface area contributed by atoms with Crippen LogP contribution in [0.2, 0.25) is 0 Å². The Labute approximate surface area is 159 Å². The van der Waals surface area contributed by atoms with Crippen molar-refractivity contribution in [2.45, 2.75) is 39.7 Å². The molecule has 1 aliphatic rings. The highest BCUT2D eigenvalue weighted by atomic mass is 15.2. The number of hydrogen-bond acceptors (Lipinski definition) is 4. The molecule has 1 fully saturated rings. The van der Waals surface area contributed by atoms with Crippen molar-refractivity contribution in [1.82, 2.24) is 20.5 Å². The molecule has 1 aromatic heterocycles. The second-order valence-electron chi connectivity index (χ2n) is 7.38. The summed E-state index contributed by atoms with van der Waals surface area (Å²) in [5.41, 5.74) is 1.14. The molecule has 1 saturated heterocycles. The summed E-state index contributed by atoms with van der Waals surface area (Å²) in [6.07, 6.45) is 5.66. The smallest absolute Gasteiger partial charge is 0.191 e. The zero-order valence-electron chi connectivity index (χ0n) is 17.0. The molecule has 0 saturated carbocycles. The summed E-state index contributed by atoms with van der Waals surface area (Å²) >= 11 is 0. The molecule has 2 N–H and O–H groups in total. The van der Waals surface area contributed by atoms with Crippen molar-refractivity contribution in [2.24, 2.45) is 10.9 Å². The number of guanidine groups is 1. The Bertz CT molecular complexity index is 549. The van der Waals surface area contributed by atoms with Gasteiger partial charge in [0.1, 0.15) is 5.82 Å². The third kappa shape index (κ3) is 6.83. The summed E-state index contributed by atoms with van der Waals surface area (Å²) in [4.78, 5) is 13.8. The number of aliphatic imine (C=N–C) groups is 1. The standard InChI is InChI=1S/C20H36N6/c1-5-21-20(23-12-7-13-26-14-9-17(2)10-15-26)24-16-18-8-6-11-22-19(18)25(3)4/h6,8,11,17H,5,7,9-10,12-16H2,1-4H3,(H2,21,23,24). The lowest BCUT2D eigenvalue weighted by Gasteiger charge is -2.30. The van der Waals surface area contributed by atoms with Crippen LogP contribution < -0.4 is 15.5 Å². The van der Waals surface area contributed by atoms with E-state index in [1.807, 2.05) is 31.3 Å². The maximum Gasteiger partial charge on any atom is 0.191 e. The molecule has 0 atom stereocenters. The quantitative estimate of drug-likeness (QED) is 0.423. The Balaban J connectivity index is 1.79. The SMILES string of the molecule is CCNC(=NCc1cccnc1N(C)C)NCCCN1CCC(C)CC1. The lowest BCUT2D eigenvalue weighted by atomic mass is 9.99. The highest BCUT2D eigenvalue weighted by molar-refractivity contribution is 5.79. The molecule has 0 radical (unpaired) electrons. The summed E-state index contributed by atoms with van der Waals surface area (Å²) in [7, 11) is 4.03. The minimum absolute atomic E-state index is 0.626. The van der Waals surface area contributed by atoms with Crippen LogP contribution in [-0.4, -0.2) is 62.7 Å². The highest BCUT2D eigenvalue weighted by Gasteiger charge is 2.14. The van der Waals surface area contributed by atoms with Gasteiger partial charge in [-0.15, -0.1) is 0 Å². The van der Waals surface area contributed by atoms with Crippen molar-refractivity contribution in [3.05, 3.63) is 23.9 Å². The molecule has 6 nitrogen and oxygen atoms in total. The minimum atomic E-state index is 0.626. The average Bonchev–Trinajstić information content (AvgIpc) is 2.64. The van der Waals surface area contributed by atoms with Gasteiger partial charge in [-0.05, 0) is 57.8 Å². The first-order chi connectivity index (χ1) is 12.6. The van der Waals surface area contributed by atoms with E-state index < -0.39 is 0 Å². The van der Waals surface area contributed by atoms with E-state index in [0.717, 1.165) is 42.8 Å². The third-order valence-corrected chi connectivity index (χ3v) is 4.86. The molecule has 0 bridgehead atoms. The highest BCUT2D eigenvalue weighted by Crippen LogP contribution is 2.16. The minimum Gasteiger partial charge on any atom is -0.362 e. The lowest BCUT2D eigenvalue weighted by Crippen LogP contribution is -2.39. The van der Waals surface area contributed by atoms with Gasteiger partial charge < -0.3 is 20.4 Å². The van der Waals surface area contributed by atoms with Gasteiger partial charge in [0.25, 0.3) is 0 Å². The number of nitrogens with one attached hydrogen (secondary N) is 2. The van der Waals surface area contributed by atoms with E-state index in [-0.39, 0.29) is 0 Å². The molecule has 0 unspecified atom stereocenters. The largest absolute Gasteiger partial charge is 0.362 e. The zero-order valence-corrected chi connectivity index (χ0v) is 17.0. The van der Waals surface area contributed by atoms with Gasteiger partial charge in [0, 0.05) is 38.9 Å². The fourth-order valence-electron chi connectivity index (χ4n) is 3.26. The van der Waals surface area contributed by atoms with Gasteiger partial charge in [0.2, 0.25) is 0 Å². The van der Waals surface area contributed by atoms with Crippen LogP contribution in [0.4, 0.5) is 5.82 Å². The third-order valence-electron chi connectivity index (χ3n) is 4.86. The number of nitrogens with zero attached hydrogens (tertiary/aromatic N) is 4. The topological polar surface area (TPSA) is 55.8 Å². The molecular weight excluding hydrogens is 324 g/mol. The van der Waals surface area contributed by atoms with Crippen LogP contribution in [0.1, 0.15) is 38.7 Å². The van der Waals surface area contributed by atoms with Crippen LogP contribution in [0, 0.1) is 5.92 Å². The molecule has 26 heavy (non-hydrogen) atoms. The normalized spacial score (nSPS) is 16.5. The molecule has 0 amide bonds. The lowest BCUT2D eigenvalue weighted by molar-refractivity contribution is 0.191. The first-order valence-electron chi connectivity index (χ1n) is 9.96. The van der Waals surface area contributed by atoms with Crippen molar-refractivity contribution in [1.29, 1.82) is 0 Å². The van der Waals surface area contributed by atoms with Gasteiger partial charge in [-0.3, -0.25) is 0 Å². The first-order valence-corrected chi connectivity index (χ1v) is 9.96. The van der Waals surface area contributed by atoms with E-state index in [2.05, 4.69) is 40.4 Å². The summed E-state index contributed by atoms with van der Waals surface area (Å²) in [6.45, 7) is 10.6. The Hall–Kier alpha value is -1.82. The zero-order chi connectivity index (χ0) is 18.8. The van der Waals surface area contributed by atoms with E-state index in [9.17, 15) is 0 Å². The molecule has 0 aliphatic carbocycles. The van der Waals surface area contributed by atoms with Crippen molar-refractivity contribution in [2.75, 3.05) is 51.7 Å². The van der Waals surface area contributed by atoms with Crippen LogP contribution in [0.15, 0.2) is 23.3 Å². The van der Waals surface area contributed by atoms with Crippen molar-refractivity contribution in [3.8, 4) is 0 Å². The van der Waals surface area contributed by atoms with Crippen LogP contribution >= 0.6 is 0 Å². The van der Waals surface area contributed by atoms with Crippen molar-refractivity contribution in [3.63, 3.8) is 0 Å². The number of aromatic nitrogens is 1. The van der Waals surface area contributed by atoms with Crippen LogP contribution in [-0.2, 0) is 6.54 Å². The Kier molecular flexibility index (Phi) is 8.68. The van der Waals surface area contributed by atoms with E-state index in [4.69, 9.17) is 4.99 Å². The van der Waals surface area contributed by atoms with E-state index in [0.29, 0.717) is 6.54 Å². The number of rotatable bonds is 8. The van der Waals surface area contributed by atoms with Gasteiger partial charge in [-0.2, -0.15) is 0 Å². The fraction of sp³-hybridized carbons (Fsp3) is 0.700. The molecule has 1 aliphatic heterocycles. The maximum atomic E-state index is 4.74. The predicted octanol–water partition coefficient (Wildman–Crippen LogP) is 2.32. The number of pyridine rings is 1.